The second-order valence-electron chi connectivity index (χ2n) is 7.22. The Bertz CT molecular complexity index is 818. The maximum Gasteiger partial charge on any atom is 0.430 e. The van der Waals surface area contributed by atoms with E-state index in [1.165, 1.54) is 0 Å². The number of amides is 2. The van der Waals surface area contributed by atoms with E-state index >= 15 is 0 Å². The smallest absolute Gasteiger partial charge is 0.430 e. The first kappa shape index (κ1) is 31.6. The van der Waals surface area contributed by atoms with Crippen molar-refractivity contribution >= 4 is 29.4 Å². The lowest BCUT2D eigenvalue weighted by atomic mass is 10.2. The molecule has 0 heterocycles. The highest BCUT2D eigenvalue weighted by atomic mass is 19.4. The number of carbonyl (C=O) groups is 4. The summed E-state index contributed by atoms with van der Waals surface area (Å²) in [5, 5.41) is 32.2. The number of carbonyl (C=O) groups excluding carboxylic acids is 3. The van der Waals surface area contributed by atoms with Gasteiger partial charge in [0, 0.05) is 30.8 Å². The zero-order valence-electron chi connectivity index (χ0n) is 19.0. The highest BCUT2D eigenvalue weighted by molar-refractivity contribution is 5.93. The highest BCUT2D eigenvalue weighted by Crippen LogP contribution is 2.11. The maximum absolute atomic E-state index is 11.8. The number of hydrogen-bond acceptors (Lipinski definition) is 6. The van der Waals surface area contributed by atoms with Crippen LogP contribution < -0.4 is 15.7 Å². The summed E-state index contributed by atoms with van der Waals surface area (Å²) >= 11 is 0. The predicted octanol–water partition coefficient (Wildman–Crippen LogP) is 0.686. The lowest BCUT2D eigenvalue weighted by Crippen LogP contribution is -2.84. The lowest BCUT2D eigenvalue weighted by Gasteiger charge is -2.11. The van der Waals surface area contributed by atoms with Gasteiger partial charge in [-0.15, -0.1) is 0 Å². The van der Waals surface area contributed by atoms with Crippen molar-refractivity contribution in [2.45, 2.75) is 44.7 Å². The fourth-order valence-electron chi connectivity index (χ4n) is 2.53. The Morgan fingerprint density at radius 3 is 2.09 bits per heavy atom. The van der Waals surface area contributed by atoms with Crippen molar-refractivity contribution in [3.63, 3.8) is 0 Å². The molecule has 35 heavy (non-hydrogen) atoms. The molecule has 0 radical (unpaired) electrons. The number of rotatable bonds is 14. The number of carboxylic acids is 2. The van der Waals surface area contributed by atoms with Gasteiger partial charge in [0.25, 0.3) is 5.91 Å². The molecule has 0 bridgehead atoms. The number of nitrogens with two attached hydrogens (primary N) is 1. The molecule has 1 aromatic rings. The average Bonchev–Trinajstić information content (AvgIpc) is 2.78. The van der Waals surface area contributed by atoms with E-state index in [1.54, 1.807) is 0 Å². The molecule has 0 fully saturated rings. The van der Waals surface area contributed by atoms with Crippen molar-refractivity contribution in [3.8, 4) is 0 Å². The number of anilines is 1. The van der Waals surface area contributed by atoms with Crippen LogP contribution in [-0.2, 0) is 19.2 Å². The first-order chi connectivity index (χ1) is 16.4. The molecule has 0 aliphatic carbocycles. The van der Waals surface area contributed by atoms with Crippen LogP contribution in [0.3, 0.4) is 0 Å². The Balaban J connectivity index is 0.00000143. The van der Waals surface area contributed by atoms with Crippen LogP contribution in [0, 0.1) is 0 Å². The first-order valence-electron chi connectivity index (χ1n) is 10.8. The van der Waals surface area contributed by atoms with Gasteiger partial charge in [0.05, 0.1) is 13.1 Å². The number of nitrogens with one attached hydrogen (secondary N) is 1. The summed E-state index contributed by atoms with van der Waals surface area (Å²) in [6.07, 6.45) is 1.21. The number of quaternary nitrogens is 1. The van der Waals surface area contributed by atoms with Gasteiger partial charge in [0.1, 0.15) is 5.97 Å². The maximum atomic E-state index is 11.8. The van der Waals surface area contributed by atoms with Crippen molar-refractivity contribution in [2.75, 3.05) is 25.0 Å². The number of alkyl halides is 3. The quantitative estimate of drug-likeness (QED) is 0.125. The van der Waals surface area contributed by atoms with Crippen molar-refractivity contribution < 1.29 is 53.1 Å². The Labute approximate surface area is 200 Å². The molecule has 2 amide bonds. The molecular weight excluding hydrogens is 475 g/mol. The Morgan fingerprint density at radius 2 is 1.54 bits per heavy atom. The second-order valence-corrected chi connectivity index (χ2v) is 7.22. The van der Waals surface area contributed by atoms with E-state index in [1.807, 2.05) is 30.3 Å². The Morgan fingerprint density at radius 1 is 0.971 bits per heavy atom. The second kappa shape index (κ2) is 18.0. The van der Waals surface area contributed by atoms with Gasteiger partial charge in [-0.05, 0) is 44.2 Å². The van der Waals surface area contributed by atoms with Crippen LogP contribution in [0.25, 0.3) is 0 Å². The normalized spacial score (nSPS) is 10.9. The molecule has 13 heteroatoms. The molecule has 0 aliphatic rings. The molecule has 0 unspecified atom stereocenters. The van der Waals surface area contributed by atoms with E-state index < -0.39 is 24.0 Å². The molecule has 1 rings (SSSR count). The van der Waals surface area contributed by atoms with Crippen molar-refractivity contribution in [3.05, 3.63) is 42.5 Å². The molecule has 0 saturated heterocycles. The van der Waals surface area contributed by atoms with Gasteiger partial charge in [-0.2, -0.15) is 13.2 Å². The van der Waals surface area contributed by atoms with Gasteiger partial charge < -0.3 is 25.6 Å². The molecule has 0 aromatic heterocycles. The van der Waals surface area contributed by atoms with Crippen LogP contribution in [0.4, 0.5) is 18.9 Å². The van der Waals surface area contributed by atoms with Crippen molar-refractivity contribution in [1.29, 1.82) is 0 Å². The summed E-state index contributed by atoms with van der Waals surface area (Å²) < 4.78 is 31.5. The molecule has 0 atom stereocenters. The number of benzene rings is 1. The van der Waals surface area contributed by atoms with Gasteiger partial charge in [-0.1, -0.05) is 18.2 Å². The standard InChI is InChI=1S/C20H29N3O5.C2HF3O2/c24-18(22-17-9-3-1-4-10-17)11-5-2-6-14-21-15-7-8-16-23(28)19(25)12-13-20(26)27;3-2(4,5)1(6)7/h1,3-4,9-10,12-13,21,28H,2,5-8,11,14-16H2,(H,22,24)(H,26,27);(H,6,7)/b13-12+;. The van der Waals surface area contributed by atoms with E-state index in [0.717, 1.165) is 50.5 Å². The lowest BCUT2D eigenvalue weighted by molar-refractivity contribution is -0.655. The summed E-state index contributed by atoms with van der Waals surface area (Å²) in [7, 11) is 0. The van der Waals surface area contributed by atoms with Gasteiger partial charge in [-0.3, -0.25) is 14.8 Å². The fourth-order valence-corrected chi connectivity index (χ4v) is 2.53. The summed E-state index contributed by atoms with van der Waals surface area (Å²) in [5.41, 5.74) is 0.821. The average molecular weight is 505 g/mol. The van der Waals surface area contributed by atoms with Crippen LogP contribution in [0.5, 0.6) is 0 Å². The Kier molecular flexibility index (Phi) is 16.2. The SMILES string of the molecule is O=C(O)/C=C/C(=O)N(O)CCCC[NH2+]CCCCCC(=O)Nc1ccccc1.O=C([O-])C(F)(F)F. The number of para-hydroxylation sites is 1. The summed E-state index contributed by atoms with van der Waals surface area (Å²) in [4.78, 5) is 42.2. The zero-order valence-corrected chi connectivity index (χ0v) is 19.0. The third-order valence-corrected chi connectivity index (χ3v) is 4.25. The van der Waals surface area contributed by atoms with E-state index in [2.05, 4.69) is 10.6 Å². The zero-order chi connectivity index (χ0) is 26.7. The topological polar surface area (TPSA) is 164 Å². The van der Waals surface area contributed by atoms with Gasteiger partial charge in [0.15, 0.2) is 0 Å². The van der Waals surface area contributed by atoms with Gasteiger partial charge in [0.2, 0.25) is 5.91 Å². The number of carboxylic acid groups (broad SMARTS) is 2. The Hall–Kier alpha value is -3.45. The van der Waals surface area contributed by atoms with Crippen LogP contribution >= 0.6 is 0 Å². The summed E-state index contributed by atoms with van der Waals surface area (Å²) in [6.45, 7) is 2.04. The van der Waals surface area contributed by atoms with E-state index in [-0.39, 0.29) is 12.5 Å². The number of hydrogen-bond donors (Lipinski definition) is 4. The number of hydroxylamine groups is 2. The molecule has 196 valence electrons. The molecule has 0 spiro atoms. The van der Waals surface area contributed by atoms with Crippen LogP contribution in [0.15, 0.2) is 42.5 Å². The van der Waals surface area contributed by atoms with Gasteiger partial charge in [-0.25, -0.2) is 9.86 Å². The van der Waals surface area contributed by atoms with Crippen LogP contribution in [-0.4, -0.2) is 64.9 Å². The fraction of sp³-hybridized carbons (Fsp3) is 0.455. The first-order valence-corrected chi connectivity index (χ1v) is 10.8. The minimum absolute atomic E-state index is 0.0384. The van der Waals surface area contributed by atoms with Crippen molar-refractivity contribution in [2.24, 2.45) is 0 Å². The molecule has 5 N–H and O–H groups in total. The summed E-state index contributed by atoms with van der Waals surface area (Å²) in [6, 6.07) is 9.41. The third-order valence-electron chi connectivity index (χ3n) is 4.25. The number of nitrogens with zero attached hydrogens (tertiary/aromatic N) is 1. The minimum atomic E-state index is -5.19. The molecular formula is C22H30F3N3O7. The number of aliphatic carboxylic acids is 2. The summed E-state index contributed by atoms with van der Waals surface area (Å²) in [5.74, 6) is -4.93. The van der Waals surface area contributed by atoms with E-state index in [0.29, 0.717) is 24.0 Å². The number of halogens is 3. The molecule has 0 saturated carbocycles. The monoisotopic (exact) mass is 505 g/mol. The predicted molar refractivity (Wildman–Crippen MR) is 116 cm³/mol. The van der Waals surface area contributed by atoms with Crippen LogP contribution in [0.1, 0.15) is 38.5 Å². The van der Waals surface area contributed by atoms with Crippen LogP contribution in [0.2, 0.25) is 0 Å². The van der Waals surface area contributed by atoms with E-state index in [9.17, 15) is 32.8 Å². The van der Waals surface area contributed by atoms with Gasteiger partial charge >= 0.3 is 12.1 Å². The molecule has 0 aliphatic heterocycles. The number of unbranched alkanes of at least 4 members (excludes halogenated alkanes) is 3. The minimum Gasteiger partial charge on any atom is -0.542 e. The molecule has 10 nitrogen and oxygen atoms in total. The highest BCUT2D eigenvalue weighted by Gasteiger charge is 2.28. The van der Waals surface area contributed by atoms with Crippen molar-refractivity contribution in [1.82, 2.24) is 5.06 Å². The van der Waals surface area contributed by atoms with E-state index in [4.69, 9.17) is 15.0 Å². The molecule has 1 aromatic carbocycles. The largest absolute Gasteiger partial charge is 0.542 e. The third kappa shape index (κ3) is 18.6.